The first-order chi connectivity index (χ1) is 8.61. The van der Waals surface area contributed by atoms with Crippen molar-refractivity contribution < 1.29 is 9.13 Å². The van der Waals surface area contributed by atoms with E-state index in [1.165, 1.54) is 18.2 Å². The van der Waals surface area contributed by atoms with Gasteiger partial charge in [-0.1, -0.05) is 6.07 Å². The third-order valence-corrected chi connectivity index (χ3v) is 2.92. The van der Waals surface area contributed by atoms with Crippen LogP contribution in [0.4, 0.5) is 10.1 Å². The van der Waals surface area contributed by atoms with Crippen molar-refractivity contribution in [2.75, 3.05) is 5.73 Å². The summed E-state index contributed by atoms with van der Waals surface area (Å²) in [5.74, 6) is -0.0316. The van der Waals surface area contributed by atoms with Gasteiger partial charge in [0.25, 0.3) is 0 Å². The van der Waals surface area contributed by atoms with Gasteiger partial charge >= 0.3 is 0 Å². The second-order valence-electron chi connectivity index (χ2n) is 3.52. The Kier molecular flexibility index (Phi) is 3.49. The maximum Gasteiger partial charge on any atom is 0.148 e. The van der Waals surface area contributed by atoms with Crippen LogP contribution in [0.1, 0.15) is 5.56 Å². The van der Waals surface area contributed by atoms with Crippen LogP contribution in [0.25, 0.3) is 0 Å². The lowest BCUT2D eigenvalue weighted by Crippen LogP contribution is -1.93. The number of halogens is 2. The van der Waals surface area contributed by atoms with Crippen molar-refractivity contribution in [1.29, 1.82) is 5.26 Å². The highest BCUT2D eigenvalue weighted by molar-refractivity contribution is 9.10. The Morgan fingerprint density at radius 1 is 1.22 bits per heavy atom. The molecule has 2 aromatic carbocycles. The van der Waals surface area contributed by atoms with Crippen molar-refractivity contribution in [1.82, 2.24) is 0 Å². The lowest BCUT2D eigenvalue weighted by Gasteiger charge is -2.10. The molecule has 0 heterocycles. The number of ether oxygens (including phenoxy) is 1. The lowest BCUT2D eigenvalue weighted by molar-refractivity contribution is 0.472. The molecule has 0 bridgehead atoms. The monoisotopic (exact) mass is 306 g/mol. The van der Waals surface area contributed by atoms with E-state index in [0.717, 1.165) is 0 Å². The Morgan fingerprint density at radius 3 is 2.72 bits per heavy atom. The van der Waals surface area contributed by atoms with Gasteiger partial charge in [-0.2, -0.15) is 5.26 Å². The second-order valence-corrected chi connectivity index (χ2v) is 4.37. The van der Waals surface area contributed by atoms with Crippen LogP contribution in [0.5, 0.6) is 11.5 Å². The minimum atomic E-state index is -0.616. The van der Waals surface area contributed by atoms with Crippen molar-refractivity contribution in [2.45, 2.75) is 0 Å². The van der Waals surface area contributed by atoms with Gasteiger partial charge in [-0.25, -0.2) is 4.39 Å². The normalized spacial score (nSPS) is 9.83. The van der Waals surface area contributed by atoms with Gasteiger partial charge in [0.15, 0.2) is 0 Å². The van der Waals surface area contributed by atoms with Crippen LogP contribution < -0.4 is 10.5 Å². The Morgan fingerprint density at radius 2 is 2.00 bits per heavy atom. The molecule has 2 rings (SSSR count). The number of anilines is 1. The fourth-order valence-corrected chi connectivity index (χ4v) is 1.74. The predicted octanol–water partition coefficient (Wildman–Crippen LogP) is 3.83. The zero-order valence-electron chi connectivity index (χ0n) is 9.15. The summed E-state index contributed by atoms with van der Waals surface area (Å²) < 4.78 is 19.6. The largest absolute Gasteiger partial charge is 0.455 e. The Hall–Kier alpha value is -2.06. The number of hydrogen-bond acceptors (Lipinski definition) is 3. The van der Waals surface area contributed by atoms with Gasteiger partial charge in [-0.15, -0.1) is 0 Å². The summed E-state index contributed by atoms with van der Waals surface area (Å²) in [6, 6.07) is 11.0. The van der Waals surface area contributed by atoms with E-state index in [1.54, 1.807) is 24.3 Å². The average Bonchev–Trinajstić information content (AvgIpc) is 2.34. The van der Waals surface area contributed by atoms with Crippen molar-refractivity contribution in [2.24, 2.45) is 0 Å². The highest BCUT2D eigenvalue weighted by Crippen LogP contribution is 2.33. The van der Waals surface area contributed by atoms with E-state index in [4.69, 9.17) is 15.7 Å². The standard InChI is InChI=1S/C13H8BrFN2O/c14-10-5-4-8(17)6-13(10)18-12-3-1-2-11(15)9(12)7-16/h1-6H,17H2. The molecule has 0 spiro atoms. The Labute approximate surface area is 112 Å². The van der Waals surface area contributed by atoms with Crippen LogP contribution in [0.3, 0.4) is 0 Å². The fraction of sp³-hybridized carbons (Fsp3) is 0. The van der Waals surface area contributed by atoms with Crippen molar-refractivity contribution in [3.63, 3.8) is 0 Å². The molecule has 0 aliphatic heterocycles. The third-order valence-electron chi connectivity index (χ3n) is 2.26. The Bertz CT molecular complexity index is 637. The molecule has 2 N–H and O–H groups in total. The summed E-state index contributed by atoms with van der Waals surface area (Å²) in [6.07, 6.45) is 0. The topological polar surface area (TPSA) is 59.0 Å². The van der Waals surface area contributed by atoms with E-state index >= 15 is 0 Å². The fourth-order valence-electron chi connectivity index (χ4n) is 1.41. The smallest absolute Gasteiger partial charge is 0.148 e. The first-order valence-corrected chi connectivity index (χ1v) is 5.82. The number of hydrogen-bond donors (Lipinski definition) is 1. The van der Waals surface area contributed by atoms with Gasteiger partial charge in [0.05, 0.1) is 4.47 Å². The summed E-state index contributed by atoms with van der Waals surface area (Å²) in [4.78, 5) is 0. The molecule has 0 atom stereocenters. The molecule has 0 amide bonds. The molecule has 2 aromatic rings. The maximum atomic E-state index is 13.4. The number of rotatable bonds is 2. The molecule has 0 aliphatic rings. The molecular weight excluding hydrogens is 299 g/mol. The molecule has 0 radical (unpaired) electrons. The van der Waals surface area contributed by atoms with Crippen molar-refractivity contribution in [3.8, 4) is 17.6 Å². The average molecular weight is 307 g/mol. The highest BCUT2D eigenvalue weighted by Gasteiger charge is 2.11. The van der Waals surface area contributed by atoms with Crippen LogP contribution >= 0.6 is 15.9 Å². The van der Waals surface area contributed by atoms with Gasteiger partial charge in [0, 0.05) is 11.8 Å². The van der Waals surface area contributed by atoms with Crippen molar-refractivity contribution in [3.05, 3.63) is 52.3 Å². The third kappa shape index (κ3) is 2.44. The quantitative estimate of drug-likeness (QED) is 0.858. The van der Waals surface area contributed by atoms with E-state index in [0.29, 0.717) is 15.9 Å². The zero-order valence-corrected chi connectivity index (χ0v) is 10.7. The molecule has 0 fully saturated rings. The minimum absolute atomic E-state index is 0.133. The summed E-state index contributed by atoms with van der Waals surface area (Å²) in [6.45, 7) is 0. The summed E-state index contributed by atoms with van der Waals surface area (Å²) in [5, 5.41) is 8.89. The number of benzene rings is 2. The lowest BCUT2D eigenvalue weighted by atomic mass is 10.2. The molecule has 0 aliphatic carbocycles. The summed E-state index contributed by atoms with van der Waals surface area (Å²) >= 11 is 3.30. The van der Waals surface area contributed by atoms with Gasteiger partial charge in [0.2, 0.25) is 0 Å². The van der Waals surface area contributed by atoms with Crippen LogP contribution in [-0.2, 0) is 0 Å². The van der Waals surface area contributed by atoms with Crippen LogP contribution in [0.15, 0.2) is 40.9 Å². The van der Waals surface area contributed by atoms with Crippen LogP contribution in [0.2, 0.25) is 0 Å². The van der Waals surface area contributed by atoms with E-state index in [2.05, 4.69) is 15.9 Å². The number of nitrogens with zero attached hydrogens (tertiary/aromatic N) is 1. The number of nitrogen functional groups attached to an aromatic ring is 1. The van der Waals surface area contributed by atoms with E-state index in [9.17, 15) is 4.39 Å². The van der Waals surface area contributed by atoms with Gasteiger partial charge in [-0.3, -0.25) is 0 Å². The van der Waals surface area contributed by atoms with E-state index in [-0.39, 0.29) is 11.3 Å². The minimum Gasteiger partial charge on any atom is -0.455 e. The van der Waals surface area contributed by atoms with E-state index in [1.807, 2.05) is 0 Å². The number of nitriles is 1. The first kappa shape index (κ1) is 12.4. The van der Waals surface area contributed by atoms with Gasteiger partial charge in [0.1, 0.15) is 28.9 Å². The molecule has 0 unspecified atom stereocenters. The number of nitrogens with two attached hydrogens (primary N) is 1. The maximum absolute atomic E-state index is 13.4. The molecule has 0 aromatic heterocycles. The van der Waals surface area contributed by atoms with Gasteiger partial charge in [-0.05, 0) is 40.2 Å². The zero-order chi connectivity index (χ0) is 13.1. The van der Waals surface area contributed by atoms with Crippen molar-refractivity contribution >= 4 is 21.6 Å². The predicted molar refractivity (Wildman–Crippen MR) is 69.7 cm³/mol. The summed E-state index contributed by atoms with van der Waals surface area (Å²) in [5.41, 5.74) is 6.03. The Balaban J connectivity index is 2.44. The summed E-state index contributed by atoms with van der Waals surface area (Å²) in [7, 11) is 0. The van der Waals surface area contributed by atoms with E-state index < -0.39 is 5.82 Å². The molecule has 0 saturated carbocycles. The molecule has 0 saturated heterocycles. The van der Waals surface area contributed by atoms with Gasteiger partial charge < -0.3 is 10.5 Å². The molecule has 5 heteroatoms. The first-order valence-electron chi connectivity index (χ1n) is 5.03. The highest BCUT2D eigenvalue weighted by atomic mass is 79.9. The SMILES string of the molecule is N#Cc1c(F)cccc1Oc1cc(N)ccc1Br. The van der Waals surface area contributed by atoms with Crippen LogP contribution in [-0.4, -0.2) is 0 Å². The second kappa shape index (κ2) is 5.07. The molecule has 3 nitrogen and oxygen atoms in total. The molecule has 18 heavy (non-hydrogen) atoms. The molecule has 90 valence electrons. The molecular formula is C13H8BrFN2O. The van der Waals surface area contributed by atoms with Crippen LogP contribution in [0, 0.1) is 17.1 Å².